The molecule has 96 valence electrons. The van der Waals surface area contributed by atoms with Crippen LogP contribution in [0.4, 0.5) is 0 Å². The van der Waals surface area contributed by atoms with Gasteiger partial charge in [0.25, 0.3) is 0 Å². The molecular weight excluding hydrogens is 230 g/mol. The van der Waals surface area contributed by atoms with E-state index in [4.69, 9.17) is 5.73 Å². The van der Waals surface area contributed by atoms with Crippen LogP contribution in [0.5, 0.6) is 0 Å². The third kappa shape index (κ3) is 2.68. The molecule has 2 rings (SSSR count). The zero-order valence-corrected chi connectivity index (χ0v) is 10.4. The van der Waals surface area contributed by atoms with Gasteiger partial charge in [-0.1, -0.05) is 6.07 Å². The number of nitrogens with zero attached hydrogens (tertiary/aromatic N) is 1. The molecule has 0 saturated carbocycles. The molecule has 0 unspecified atom stereocenters. The number of nitrogens with one attached hydrogen (secondary N) is 1. The van der Waals surface area contributed by atoms with Gasteiger partial charge in [-0.3, -0.25) is 9.59 Å². The van der Waals surface area contributed by atoms with Crippen LogP contribution in [0.3, 0.4) is 0 Å². The number of hydrogen-bond acceptors (Lipinski definition) is 3. The average molecular weight is 247 g/mol. The van der Waals surface area contributed by atoms with Gasteiger partial charge < -0.3 is 16.0 Å². The Labute approximate surface area is 106 Å². The third-order valence-corrected chi connectivity index (χ3v) is 3.18. The summed E-state index contributed by atoms with van der Waals surface area (Å²) < 4.78 is 0. The summed E-state index contributed by atoms with van der Waals surface area (Å²) in [7, 11) is 0. The summed E-state index contributed by atoms with van der Waals surface area (Å²) in [5, 5.41) is 3.04. The first-order valence-corrected chi connectivity index (χ1v) is 5.96. The Hall–Kier alpha value is -1.88. The Kier molecular flexibility index (Phi) is 3.62. The average Bonchev–Trinajstić information content (AvgIpc) is 2.34. The molecule has 1 aromatic rings. The number of nitrogens with two attached hydrogens (primary N) is 1. The molecule has 0 spiro atoms. The number of primary amides is 1. The fraction of sp³-hybridized carbons (Fsp3) is 0.385. The van der Waals surface area contributed by atoms with Crippen molar-refractivity contribution in [1.29, 1.82) is 0 Å². The van der Waals surface area contributed by atoms with Crippen LogP contribution in [-0.4, -0.2) is 36.3 Å². The zero-order valence-electron chi connectivity index (χ0n) is 10.4. The van der Waals surface area contributed by atoms with E-state index in [0.29, 0.717) is 18.7 Å². The molecule has 0 aliphatic carbocycles. The lowest BCUT2D eigenvalue weighted by Gasteiger charge is -2.28. The largest absolute Gasteiger partial charge is 0.366 e. The molecular formula is C13H17N3O2. The number of aryl methyl sites for hydroxylation is 1. The SMILES string of the molecule is Cc1cc(C(N)=O)ccc1CN1CCNCC1=O. The fourth-order valence-electron chi connectivity index (χ4n) is 2.05. The first kappa shape index (κ1) is 12.6. The third-order valence-electron chi connectivity index (χ3n) is 3.18. The Morgan fingerprint density at radius 2 is 2.28 bits per heavy atom. The highest BCUT2D eigenvalue weighted by atomic mass is 16.2. The van der Waals surface area contributed by atoms with Crippen LogP contribution in [0.1, 0.15) is 21.5 Å². The minimum atomic E-state index is -0.428. The zero-order chi connectivity index (χ0) is 13.1. The second-order valence-corrected chi connectivity index (χ2v) is 4.50. The van der Waals surface area contributed by atoms with Crippen molar-refractivity contribution in [1.82, 2.24) is 10.2 Å². The van der Waals surface area contributed by atoms with Crippen molar-refractivity contribution in [3.05, 3.63) is 34.9 Å². The van der Waals surface area contributed by atoms with Crippen molar-refractivity contribution in [3.63, 3.8) is 0 Å². The summed E-state index contributed by atoms with van der Waals surface area (Å²) >= 11 is 0. The fourth-order valence-corrected chi connectivity index (χ4v) is 2.05. The lowest BCUT2D eigenvalue weighted by molar-refractivity contribution is -0.132. The molecule has 1 aliphatic rings. The number of hydrogen-bond donors (Lipinski definition) is 2. The maximum Gasteiger partial charge on any atom is 0.248 e. The predicted molar refractivity (Wildman–Crippen MR) is 68.0 cm³/mol. The Morgan fingerprint density at radius 3 is 2.89 bits per heavy atom. The molecule has 5 nitrogen and oxygen atoms in total. The van der Waals surface area contributed by atoms with Crippen molar-refractivity contribution in [2.24, 2.45) is 5.73 Å². The maximum atomic E-state index is 11.7. The maximum absolute atomic E-state index is 11.7. The molecule has 0 bridgehead atoms. The van der Waals surface area contributed by atoms with E-state index < -0.39 is 5.91 Å². The first-order chi connectivity index (χ1) is 8.58. The minimum absolute atomic E-state index is 0.111. The molecule has 5 heteroatoms. The normalized spacial score (nSPS) is 15.8. The van der Waals surface area contributed by atoms with Crippen molar-refractivity contribution >= 4 is 11.8 Å². The van der Waals surface area contributed by atoms with Crippen molar-refractivity contribution < 1.29 is 9.59 Å². The van der Waals surface area contributed by atoms with E-state index in [1.54, 1.807) is 12.1 Å². The molecule has 2 amide bonds. The van der Waals surface area contributed by atoms with Gasteiger partial charge in [0.2, 0.25) is 11.8 Å². The Bertz CT molecular complexity index is 485. The smallest absolute Gasteiger partial charge is 0.248 e. The van der Waals surface area contributed by atoms with E-state index in [1.165, 1.54) is 0 Å². The van der Waals surface area contributed by atoms with Gasteiger partial charge in [0, 0.05) is 25.2 Å². The van der Waals surface area contributed by atoms with Crippen LogP contribution >= 0.6 is 0 Å². The number of carbonyl (C=O) groups excluding carboxylic acids is 2. The van der Waals surface area contributed by atoms with Crippen LogP contribution < -0.4 is 11.1 Å². The van der Waals surface area contributed by atoms with Gasteiger partial charge in [0.05, 0.1) is 6.54 Å². The lowest BCUT2D eigenvalue weighted by atomic mass is 10.0. The quantitative estimate of drug-likeness (QED) is 0.791. The minimum Gasteiger partial charge on any atom is -0.366 e. The number of amides is 2. The van der Waals surface area contributed by atoms with E-state index in [-0.39, 0.29) is 5.91 Å². The standard InChI is InChI=1S/C13H17N3O2/c1-9-6-10(13(14)18)2-3-11(9)8-16-5-4-15-7-12(16)17/h2-3,6,15H,4-5,7-8H2,1H3,(H2,14,18). The summed E-state index contributed by atoms with van der Waals surface area (Å²) in [5.74, 6) is -0.317. The van der Waals surface area contributed by atoms with Gasteiger partial charge in [0.15, 0.2) is 0 Å². The molecule has 3 N–H and O–H groups in total. The summed E-state index contributed by atoms with van der Waals surface area (Å²) in [6.07, 6.45) is 0. The summed E-state index contributed by atoms with van der Waals surface area (Å²) in [6, 6.07) is 5.34. The van der Waals surface area contributed by atoms with E-state index in [2.05, 4.69) is 5.32 Å². The topological polar surface area (TPSA) is 75.4 Å². The van der Waals surface area contributed by atoms with E-state index in [9.17, 15) is 9.59 Å². The van der Waals surface area contributed by atoms with Crippen LogP contribution in [0, 0.1) is 6.92 Å². The van der Waals surface area contributed by atoms with Gasteiger partial charge in [-0.25, -0.2) is 0 Å². The van der Waals surface area contributed by atoms with Crippen LogP contribution in [0.2, 0.25) is 0 Å². The van der Waals surface area contributed by atoms with Crippen molar-refractivity contribution in [2.45, 2.75) is 13.5 Å². The van der Waals surface area contributed by atoms with Crippen molar-refractivity contribution in [2.75, 3.05) is 19.6 Å². The number of piperazine rings is 1. The van der Waals surface area contributed by atoms with Crippen LogP contribution in [0.25, 0.3) is 0 Å². The molecule has 1 aliphatic heterocycles. The van der Waals surface area contributed by atoms with Gasteiger partial charge in [-0.15, -0.1) is 0 Å². The highest BCUT2D eigenvalue weighted by Gasteiger charge is 2.18. The summed E-state index contributed by atoms with van der Waals surface area (Å²) in [4.78, 5) is 24.6. The number of benzene rings is 1. The molecule has 1 fully saturated rings. The first-order valence-electron chi connectivity index (χ1n) is 5.96. The van der Waals surface area contributed by atoms with E-state index >= 15 is 0 Å². The molecule has 0 atom stereocenters. The summed E-state index contributed by atoms with van der Waals surface area (Å²) in [5.41, 5.74) is 7.77. The van der Waals surface area contributed by atoms with E-state index in [0.717, 1.165) is 24.2 Å². The van der Waals surface area contributed by atoms with Crippen molar-refractivity contribution in [3.8, 4) is 0 Å². The second kappa shape index (κ2) is 5.18. The lowest BCUT2D eigenvalue weighted by Crippen LogP contribution is -2.47. The Morgan fingerprint density at radius 1 is 1.50 bits per heavy atom. The molecule has 0 aromatic heterocycles. The number of carbonyl (C=O) groups is 2. The highest BCUT2D eigenvalue weighted by molar-refractivity contribution is 5.93. The molecule has 1 heterocycles. The molecule has 1 saturated heterocycles. The molecule has 0 radical (unpaired) electrons. The molecule has 18 heavy (non-hydrogen) atoms. The van der Waals surface area contributed by atoms with Gasteiger partial charge in [0.1, 0.15) is 0 Å². The predicted octanol–water partition coefficient (Wildman–Crippen LogP) is 0.0257. The monoisotopic (exact) mass is 247 g/mol. The van der Waals surface area contributed by atoms with Crippen LogP contribution in [-0.2, 0) is 11.3 Å². The van der Waals surface area contributed by atoms with Crippen LogP contribution in [0.15, 0.2) is 18.2 Å². The highest BCUT2D eigenvalue weighted by Crippen LogP contribution is 2.14. The van der Waals surface area contributed by atoms with Gasteiger partial charge in [-0.05, 0) is 30.2 Å². The molecule has 1 aromatic carbocycles. The van der Waals surface area contributed by atoms with Gasteiger partial charge >= 0.3 is 0 Å². The Balaban J connectivity index is 2.14. The summed E-state index contributed by atoms with van der Waals surface area (Å²) in [6.45, 7) is 4.46. The second-order valence-electron chi connectivity index (χ2n) is 4.50. The van der Waals surface area contributed by atoms with E-state index in [1.807, 2.05) is 17.9 Å². The van der Waals surface area contributed by atoms with Gasteiger partial charge in [-0.2, -0.15) is 0 Å². The number of rotatable bonds is 3.